The number of amides is 1. The molecule has 2 heterocycles. The number of hydrogen-bond acceptors (Lipinski definition) is 5. The Kier molecular flexibility index (Phi) is 7.49. The van der Waals surface area contributed by atoms with Crippen LogP contribution in [-0.2, 0) is 15.6 Å². The van der Waals surface area contributed by atoms with Crippen LogP contribution < -0.4 is 15.1 Å². The molecule has 2 aromatic carbocycles. The predicted octanol–water partition coefficient (Wildman–Crippen LogP) is 5.83. The predicted molar refractivity (Wildman–Crippen MR) is 153 cm³/mol. The zero-order chi connectivity index (χ0) is 28.0. The number of benzene rings is 2. The summed E-state index contributed by atoms with van der Waals surface area (Å²) in [4.78, 5) is 31.9. The van der Waals surface area contributed by atoms with E-state index in [1.54, 1.807) is 9.58 Å². The summed E-state index contributed by atoms with van der Waals surface area (Å²) >= 11 is 1.49. The number of aromatic nitrogens is 3. The van der Waals surface area contributed by atoms with Gasteiger partial charge < -0.3 is 5.11 Å². The second-order valence-corrected chi connectivity index (χ2v) is 13.0. The van der Waals surface area contributed by atoms with Crippen molar-refractivity contribution in [2.75, 3.05) is 10.7 Å². The smallest absolute Gasteiger partial charge is 0.325 e. The van der Waals surface area contributed by atoms with Gasteiger partial charge in [0, 0.05) is 34.0 Å². The fraction of sp³-hybridized carbons (Fsp3) is 0.467. The zero-order valence-corrected chi connectivity index (χ0v) is 24.5. The molecule has 38 heavy (non-hydrogen) atoms. The van der Waals surface area contributed by atoms with Gasteiger partial charge in [-0.1, -0.05) is 79.3 Å². The molecule has 0 radical (unpaired) electrons. The number of aromatic hydroxyl groups is 1. The quantitative estimate of drug-likeness (QED) is 0.317. The molecule has 0 fully saturated rings. The molecule has 1 aliphatic heterocycles. The van der Waals surface area contributed by atoms with Crippen molar-refractivity contribution in [1.82, 2.24) is 10.1 Å². The number of para-hydroxylation sites is 1. The van der Waals surface area contributed by atoms with Gasteiger partial charge in [-0.15, -0.1) is 0 Å². The number of fused-ring (bicyclic) bond motifs is 3. The third-order valence-corrected chi connectivity index (χ3v) is 7.89. The number of anilines is 1. The maximum absolute atomic E-state index is 13.6. The highest BCUT2D eigenvalue weighted by atomic mass is 32.2. The molecular formula is C30H39N4O3S+. The first-order valence-electron chi connectivity index (χ1n) is 13.3. The number of rotatable bonds is 5. The Hall–Kier alpha value is -3.13. The van der Waals surface area contributed by atoms with E-state index in [4.69, 9.17) is 5.10 Å². The van der Waals surface area contributed by atoms with Gasteiger partial charge in [-0.3, -0.25) is 14.6 Å². The summed E-state index contributed by atoms with van der Waals surface area (Å²) < 4.78 is 1.71. The summed E-state index contributed by atoms with van der Waals surface area (Å²) in [5.74, 6) is 0.998. The molecule has 0 aliphatic carbocycles. The van der Waals surface area contributed by atoms with Gasteiger partial charge in [0.05, 0.1) is 11.3 Å². The number of phenolic OH excluding ortho intramolecular Hbond substituents is 1. The molecule has 7 nitrogen and oxygen atoms in total. The van der Waals surface area contributed by atoms with Gasteiger partial charge in [0.1, 0.15) is 5.75 Å². The highest BCUT2D eigenvalue weighted by molar-refractivity contribution is 7.99. The summed E-state index contributed by atoms with van der Waals surface area (Å²) in [6, 6.07) is 11.4. The van der Waals surface area contributed by atoms with Gasteiger partial charge >= 0.3 is 11.3 Å². The van der Waals surface area contributed by atoms with Crippen molar-refractivity contribution in [3.63, 3.8) is 0 Å². The van der Waals surface area contributed by atoms with Gasteiger partial charge in [-0.2, -0.15) is 0 Å². The first-order chi connectivity index (χ1) is 17.8. The third-order valence-electron chi connectivity index (χ3n) is 6.82. The van der Waals surface area contributed by atoms with Crippen LogP contribution in [0.2, 0.25) is 0 Å². The van der Waals surface area contributed by atoms with Crippen LogP contribution in [0.3, 0.4) is 0 Å². The van der Waals surface area contributed by atoms with Crippen molar-refractivity contribution in [2.45, 2.75) is 90.4 Å². The van der Waals surface area contributed by atoms with E-state index in [0.717, 1.165) is 28.9 Å². The minimum absolute atomic E-state index is 0.0758. The van der Waals surface area contributed by atoms with Crippen LogP contribution in [-0.4, -0.2) is 26.8 Å². The Morgan fingerprint density at radius 2 is 1.68 bits per heavy atom. The van der Waals surface area contributed by atoms with Crippen LogP contribution in [0.5, 0.6) is 5.75 Å². The van der Waals surface area contributed by atoms with Crippen molar-refractivity contribution in [1.29, 1.82) is 0 Å². The lowest BCUT2D eigenvalue weighted by atomic mass is 9.78. The molecule has 202 valence electrons. The molecule has 0 bridgehead atoms. The third kappa shape index (κ3) is 4.98. The lowest BCUT2D eigenvalue weighted by molar-refractivity contribution is -0.763. The van der Waals surface area contributed by atoms with Crippen LogP contribution in [0.4, 0.5) is 5.69 Å². The van der Waals surface area contributed by atoms with E-state index in [2.05, 4.69) is 53.5 Å². The molecular weight excluding hydrogens is 496 g/mol. The van der Waals surface area contributed by atoms with Gasteiger partial charge in [0.15, 0.2) is 0 Å². The fourth-order valence-electron chi connectivity index (χ4n) is 4.93. The average Bonchev–Trinajstić information content (AvgIpc) is 2.84. The SMILES string of the molecule is CCCSc1n[n+]2c(c(=O)[nH]1)-c1ccccc1N(C(=O)CC)[C@H]2c1cc(C(C)(C)C)c(O)c(C(C)(C)C)c1. The molecule has 0 saturated carbocycles. The largest absolute Gasteiger partial charge is 0.507 e. The van der Waals surface area contributed by atoms with Gasteiger partial charge in [-0.05, 0) is 46.2 Å². The summed E-state index contributed by atoms with van der Waals surface area (Å²) in [6.07, 6.45) is 0.529. The van der Waals surface area contributed by atoms with Crippen LogP contribution in [0, 0.1) is 0 Å². The highest BCUT2D eigenvalue weighted by Crippen LogP contribution is 2.44. The normalized spacial score (nSPS) is 15.3. The van der Waals surface area contributed by atoms with E-state index < -0.39 is 6.17 Å². The molecule has 2 N–H and O–H groups in total. The second kappa shape index (κ2) is 10.2. The molecule has 1 aromatic heterocycles. The molecule has 8 heteroatoms. The lowest BCUT2D eigenvalue weighted by Gasteiger charge is -2.34. The Balaban J connectivity index is 2.13. The summed E-state index contributed by atoms with van der Waals surface area (Å²) in [6.45, 7) is 16.3. The van der Waals surface area contributed by atoms with Crippen molar-refractivity contribution < 1.29 is 14.6 Å². The van der Waals surface area contributed by atoms with Crippen molar-refractivity contribution >= 4 is 23.4 Å². The highest BCUT2D eigenvalue weighted by Gasteiger charge is 2.46. The molecule has 0 spiro atoms. The number of thioether (sulfide) groups is 1. The molecule has 1 amide bonds. The van der Waals surface area contributed by atoms with E-state index in [1.165, 1.54) is 11.8 Å². The Morgan fingerprint density at radius 3 is 2.24 bits per heavy atom. The maximum Gasteiger partial charge on any atom is 0.325 e. The van der Waals surface area contributed by atoms with E-state index in [0.29, 0.717) is 22.1 Å². The van der Waals surface area contributed by atoms with Crippen LogP contribution in [0.15, 0.2) is 46.3 Å². The minimum Gasteiger partial charge on any atom is -0.507 e. The average molecular weight is 536 g/mol. The van der Waals surface area contributed by atoms with Crippen LogP contribution in [0.25, 0.3) is 11.3 Å². The molecule has 4 rings (SSSR count). The second-order valence-electron chi connectivity index (χ2n) is 11.9. The fourth-order valence-corrected chi connectivity index (χ4v) is 5.63. The number of nitrogens with one attached hydrogen (secondary N) is 1. The van der Waals surface area contributed by atoms with Gasteiger partial charge in [-0.25, -0.2) is 4.90 Å². The molecule has 0 saturated heterocycles. The number of phenols is 1. The number of H-pyrrole nitrogens is 1. The minimum atomic E-state index is -0.696. The van der Waals surface area contributed by atoms with Gasteiger partial charge in [0.25, 0.3) is 6.17 Å². The first-order valence-corrected chi connectivity index (χ1v) is 14.3. The van der Waals surface area contributed by atoms with E-state index in [1.807, 2.05) is 43.3 Å². The maximum atomic E-state index is 13.6. The molecule has 0 unspecified atom stereocenters. The molecule has 1 atom stereocenters. The Labute approximate surface area is 229 Å². The number of nitrogens with zero attached hydrogens (tertiary/aromatic N) is 3. The summed E-state index contributed by atoms with van der Waals surface area (Å²) in [7, 11) is 0. The van der Waals surface area contributed by atoms with Crippen LogP contribution in [0.1, 0.15) is 91.1 Å². The summed E-state index contributed by atoms with van der Waals surface area (Å²) in [5, 5.41) is 16.8. The monoisotopic (exact) mass is 535 g/mol. The number of carbonyl (C=O) groups is 1. The Bertz CT molecular complexity index is 1400. The topological polar surface area (TPSA) is 90.2 Å². The number of aromatic amines is 1. The van der Waals surface area contributed by atoms with Gasteiger partial charge in [0.2, 0.25) is 11.1 Å². The van der Waals surface area contributed by atoms with E-state index >= 15 is 0 Å². The van der Waals surface area contributed by atoms with Crippen LogP contribution >= 0.6 is 11.8 Å². The van der Waals surface area contributed by atoms with E-state index in [-0.39, 0.29) is 34.5 Å². The standard InChI is InChI=1S/C30H38N4O3S/c1-9-15-38-28-31-26(37)24-19-13-11-12-14-22(19)33(23(35)10-2)27(34(24)32-28)18-16-20(29(3,4)5)25(36)21(17-18)30(6,7)8/h11-14,16-17,27H,9-10,15H2,1-8H3,(H-,31,32,36,37)/p+1/t27-/m1/s1. The Morgan fingerprint density at radius 1 is 1.08 bits per heavy atom. The lowest BCUT2D eigenvalue weighted by Crippen LogP contribution is -2.61. The van der Waals surface area contributed by atoms with Crippen molar-refractivity contribution in [2.24, 2.45) is 0 Å². The van der Waals surface area contributed by atoms with E-state index in [9.17, 15) is 14.7 Å². The molecule has 3 aromatic rings. The summed E-state index contributed by atoms with van der Waals surface area (Å²) in [5.41, 5.74) is 3.16. The molecule has 1 aliphatic rings. The van der Waals surface area contributed by atoms with Crippen molar-refractivity contribution in [3.05, 3.63) is 63.4 Å². The first kappa shape index (κ1) is 27.9. The number of carbonyl (C=O) groups excluding carboxylic acids is 1. The zero-order valence-electron chi connectivity index (χ0n) is 23.7. The van der Waals surface area contributed by atoms with Crippen molar-refractivity contribution in [3.8, 4) is 17.0 Å². The number of hydrogen-bond donors (Lipinski definition) is 2.